The fourth-order valence-corrected chi connectivity index (χ4v) is 4.02. The normalized spacial score (nSPS) is 10.7. The SMILES string of the molecule is O=C(c1ccc(Br)cc1)c1sc(-c2ccccc2)nc1-c1ccccc1. The van der Waals surface area contributed by atoms with E-state index in [9.17, 15) is 4.79 Å². The van der Waals surface area contributed by atoms with E-state index in [0.29, 0.717) is 10.4 Å². The van der Waals surface area contributed by atoms with Gasteiger partial charge in [-0.15, -0.1) is 11.3 Å². The Morgan fingerprint density at radius 3 is 1.96 bits per heavy atom. The van der Waals surface area contributed by atoms with E-state index in [2.05, 4.69) is 15.9 Å². The van der Waals surface area contributed by atoms with Gasteiger partial charge in [-0.05, 0) is 24.3 Å². The largest absolute Gasteiger partial charge is 0.288 e. The molecule has 0 radical (unpaired) electrons. The molecule has 1 aromatic heterocycles. The van der Waals surface area contributed by atoms with Crippen LogP contribution in [0, 0.1) is 0 Å². The highest BCUT2D eigenvalue weighted by molar-refractivity contribution is 9.10. The summed E-state index contributed by atoms with van der Waals surface area (Å²) in [6.45, 7) is 0. The average Bonchev–Trinajstić information content (AvgIpc) is 3.15. The molecule has 0 aliphatic rings. The van der Waals surface area contributed by atoms with Crippen LogP contribution in [0.3, 0.4) is 0 Å². The van der Waals surface area contributed by atoms with Gasteiger partial charge in [-0.25, -0.2) is 4.98 Å². The van der Waals surface area contributed by atoms with Crippen molar-refractivity contribution in [1.29, 1.82) is 0 Å². The van der Waals surface area contributed by atoms with Gasteiger partial charge in [-0.1, -0.05) is 76.6 Å². The molecule has 0 aliphatic carbocycles. The van der Waals surface area contributed by atoms with Crippen molar-refractivity contribution in [1.82, 2.24) is 4.98 Å². The zero-order valence-corrected chi connectivity index (χ0v) is 16.1. The third-order valence-electron chi connectivity index (χ3n) is 4.01. The Kier molecular flexibility index (Phi) is 4.78. The maximum atomic E-state index is 13.2. The van der Waals surface area contributed by atoms with E-state index in [-0.39, 0.29) is 5.78 Å². The van der Waals surface area contributed by atoms with Crippen molar-refractivity contribution in [2.24, 2.45) is 0 Å². The van der Waals surface area contributed by atoms with Crippen LogP contribution in [0.1, 0.15) is 15.2 Å². The van der Waals surface area contributed by atoms with Crippen molar-refractivity contribution in [2.45, 2.75) is 0 Å². The molecule has 2 nitrogen and oxygen atoms in total. The molecule has 0 spiro atoms. The molecule has 0 saturated heterocycles. The first-order valence-electron chi connectivity index (χ1n) is 8.14. The van der Waals surface area contributed by atoms with Crippen LogP contribution in [0.4, 0.5) is 0 Å². The number of aromatic nitrogens is 1. The molecule has 4 rings (SSSR count). The van der Waals surface area contributed by atoms with Crippen molar-refractivity contribution < 1.29 is 4.79 Å². The molecule has 0 fully saturated rings. The van der Waals surface area contributed by atoms with Crippen LogP contribution < -0.4 is 0 Å². The van der Waals surface area contributed by atoms with Gasteiger partial charge in [-0.2, -0.15) is 0 Å². The molecule has 0 aliphatic heterocycles. The number of carbonyl (C=O) groups excluding carboxylic acids is 1. The summed E-state index contributed by atoms with van der Waals surface area (Å²) in [5.41, 5.74) is 3.37. The lowest BCUT2D eigenvalue weighted by molar-refractivity contribution is 0.104. The monoisotopic (exact) mass is 419 g/mol. The molecule has 4 aromatic rings. The average molecular weight is 420 g/mol. The first-order chi connectivity index (χ1) is 12.7. The Morgan fingerprint density at radius 2 is 1.35 bits per heavy atom. The summed E-state index contributed by atoms with van der Waals surface area (Å²) < 4.78 is 0.951. The van der Waals surface area contributed by atoms with Gasteiger partial charge in [0.1, 0.15) is 9.88 Å². The minimum atomic E-state index is -0.00367. The molecule has 126 valence electrons. The molecule has 1 heterocycles. The Bertz CT molecular complexity index is 1040. The van der Waals surface area contributed by atoms with Gasteiger partial charge in [0, 0.05) is 21.2 Å². The number of thiazole rings is 1. The maximum absolute atomic E-state index is 13.2. The van der Waals surface area contributed by atoms with Gasteiger partial charge in [0.25, 0.3) is 0 Å². The second-order valence-corrected chi connectivity index (χ2v) is 7.68. The van der Waals surface area contributed by atoms with Crippen molar-refractivity contribution in [2.75, 3.05) is 0 Å². The lowest BCUT2D eigenvalue weighted by atomic mass is 10.1. The quantitative estimate of drug-likeness (QED) is 0.354. The first kappa shape index (κ1) is 16.9. The molecule has 0 atom stereocenters. The van der Waals surface area contributed by atoms with Crippen molar-refractivity contribution >= 4 is 33.0 Å². The number of hydrogen-bond acceptors (Lipinski definition) is 3. The van der Waals surface area contributed by atoms with Crippen LogP contribution >= 0.6 is 27.3 Å². The molecule has 26 heavy (non-hydrogen) atoms. The van der Waals surface area contributed by atoms with Crippen molar-refractivity contribution in [3.05, 3.63) is 99.8 Å². The summed E-state index contributed by atoms with van der Waals surface area (Å²) in [4.78, 5) is 18.6. The summed E-state index contributed by atoms with van der Waals surface area (Å²) in [7, 11) is 0. The Morgan fingerprint density at radius 1 is 0.769 bits per heavy atom. The number of halogens is 1. The van der Waals surface area contributed by atoms with E-state index in [1.165, 1.54) is 11.3 Å². The molecule has 0 amide bonds. The molecule has 0 bridgehead atoms. The van der Waals surface area contributed by atoms with Crippen LogP contribution in [0.5, 0.6) is 0 Å². The molecule has 0 unspecified atom stereocenters. The van der Waals surface area contributed by atoms with E-state index >= 15 is 0 Å². The van der Waals surface area contributed by atoms with E-state index in [0.717, 1.165) is 26.3 Å². The third-order valence-corrected chi connectivity index (χ3v) is 5.64. The number of benzene rings is 3. The minimum absolute atomic E-state index is 0.00367. The number of hydrogen-bond donors (Lipinski definition) is 0. The minimum Gasteiger partial charge on any atom is -0.288 e. The first-order valence-corrected chi connectivity index (χ1v) is 9.75. The van der Waals surface area contributed by atoms with Crippen LogP contribution in [-0.2, 0) is 0 Å². The summed E-state index contributed by atoms with van der Waals surface area (Å²) in [6.07, 6.45) is 0. The lowest BCUT2D eigenvalue weighted by Crippen LogP contribution is -2.00. The highest BCUT2D eigenvalue weighted by atomic mass is 79.9. The maximum Gasteiger partial charge on any atom is 0.205 e. The summed E-state index contributed by atoms with van der Waals surface area (Å²) >= 11 is 4.86. The van der Waals surface area contributed by atoms with Gasteiger partial charge in [0.05, 0.1) is 5.69 Å². The molecule has 4 heteroatoms. The zero-order chi connectivity index (χ0) is 17.9. The fraction of sp³-hybridized carbons (Fsp3) is 0. The number of ketones is 1. The van der Waals surface area contributed by atoms with Gasteiger partial charge in [0.15, 0.2) is 0 Å². The van der Waals surface area contributed by atoms with Crippen LogP contribution in [0.15, 0.2) is 89.4 Å². The third kappa shape index (κ3) is 3.39. The molecular weight excluding hydrogens is 406 g/mol. The fourth-order valence-electron chi connectivity index (χ4n) is 2.70. The number of rotatable bonds is 4. The predicted octanol–water partition coefficient (Wildman–Crippen LogP) is 6.47. The van der Waals surface area contributed by atoms with Crippen LogP contribution in [0.25, 0.3) is 21.8 Å². The Labute approximate surface area is 164 Å². The lowest BCUT2D eigenvalue weighted by Gasteiger charge is -2.02. The smallest absolute Gasteiger partial charge is 0.205 e. The zero-order valence-electron chi connectivity index (χ0n) is 13.7. The molecular formula is C22H14BrNOS. The second kappa shape index (κ2) is 7.36. The molecule has 3 aromatic carbocycles. The topological polar surface area (TPSA) is 30.0 Å². The van der Waals surface area contributed by atoms with E-state index in [4.69, 9.17) is 4.98 Å². The van der Waals surface area contributed by atoms with Gasteiger partial charge in [-0.3, -0.25) is 4.79 Å². The second-order valence-electron chi connectivity index (χ2n) is 5.76. The van der Waals surface area contributed by atoms with Gasteiger partial charge in [0.2, 0.25) is 5.78 Å². The van der Waals surface area contributed by atoms with Crippen molar-refractivity contribution in [3.63, 3.8) is 0 Å². The molecule has 0 N–H and O–H groups in total. The standard InChI is InChI=1S/C22H14BrNOS/c23-18-13-11-16(12-14-18)20(25)21-19(15-7-3-1-4-8-15)24-22(26-21)17-9-5-2-6-10-17/h1-14H. The Balaban J connectivity index is 1.85. The predicted molar refractivity (Wildman–Crippen MR) is 111 cm³/mol. The van der Waals surface area contributed by atoms with Crippen LogP contribution in [-0.4, -0.2) is 10.8 Å². The summed E-state index contributed by atoms with van der Waals surface area (Å²) in [5, 5.41) is 0.852. The van der Waals surface area contributed by atoms with Gasteiger partial charge >= 0.3 is 0 Å². The number of carbonyl (C=O) groups is 1. The van der Waals surface area contributed by atoms with Gasteiger partial charge < -0.3 is 0 Å². The van der Waals surface area contributed by atoms with E-state index in [1.54, 1.807) is 0 Å². The van der Waals surface area contributed by atoms with Crippen molar-refractivity contribution in [3.8, 4) is 21.8 Å². The Hall–Kier alpha value is -2.56. The van der Waals surface area contributed by atoms with Crippen LogP contribution in [0.2, 0.25) is 0 Å². The van der Waals surface area contributed by atoms with E-state index < -0.39 is 0 Å². The highest BCUT2D eigenvalue weighted by Crippen LogP contribution is 2.35. The highest BCUT2D eigenvalue weighted by Gasteiger charge is 2.21. The molecule has 0 saturated carbocycles. The summed E-state index contributed by atoms with van der Waals surface area (Å²) in [6, 6.07) is 27.3. The summed E-state index contributed by atoms with van der Waals surface area (Å²) in [5.74, 6) is -0.00367. The number of nitrogens with zero attached hydrogens (tertiary/aromatic N) is 1. The van der Waals surface area contributed by atoms with E-state index in [1.807, 2.05) is 84.9 Å².